The quantitative estimate of drug-likeness (QED) is 0.514. The highest BCUT2D eigenvalue weighted by Crippen LogP contribution is 2.33. The standard InChI is InChI=1S/C21H19N5O3S/c1-12-18(27)14(10-22)16-7-8-24-26(16)19(12)25(20(28)29-21(2,3)4)13-5-6-15-17(9-13)30-11-23-15/h5-9,11,24H,1-4H3. The summed E-state index contributed by atoms with van der Waals surface area (Å²) in [5, 5.41) is 12.5. The Morgan fingerprint density at radius 2 is 2.10 bits per heavy atom. The summed E-state index contributed by atoms with van der Waals surface area (Å²) in [7, 11) is 0. The van der Waals surface area contributed by atoms with Crippen LogP contribution < -0.4 is 10.3 Å². The number of H-pyrrole nitrogens is 1. The third-order valence-corrected chi connectivity index (χ3v) is 5.32. The van der Waals surface area contributed by atoms with E-state index < -0.39 is 17.1 Å². The number of thiazole rings is 1. The third-order valence-electron chi connectivity index (χ3n) is 4.53. The second-order valence-electron chi connectivity index (χ2n) is 7.77. The minimum absolute atomic E-state index is 0.0135. The molecule has 4 rings (SSSR count). The molecule has 30 heavy (non-hydrogen) atoms. The molecule has 3 heterocycles. The topological polar surface area (TPSA) is 103 Å². The smallest absolute Gasteiger partial charge is 0.420 e. The van der Waals surface area contributed by atoms with Crippen molar-refractivity contribution in [2.75, 3.05) is 4.90 Å². The molecular weight excluding hydrogens is 402 g/mol. The largest absolute Gasteiger partial charge is 0.443 e. The molecule has 0 saturated heterocycles. The summed E-state index contributed by atoms with van der Waals surface area (Å²) in [5.41, 5.74) is 2.54. The van der Waals surface area contributed by atoms with Crippen LogP contribution in [0.3, 0.4) is 0 Å². The van der Waals surface area contributed by atoms with Crippen LogP contribution in [0, 0.1) is 18.3 Å². The number of nitrogens with one attached hydrogen (secondary N) is 1. The summed E-state index contributed by atoms with van der Waals surface area (Å²) in [6.45, 7) is 6.92. The van der Waals surface area contributed by atoms with Crippen molar-refractivity contribution in [1.29, 1.82) is 5.26 Å². The van der Waals surface area contributed by atoms with E-state index in [9.17, 15) is 14.9 Å². The van der Waals surface area contributed by atoms with Gasteiger partial charge >= 0.3 is 6.09 Å². The molecule has 0 fully saturated rings. The SMILES string of the molecule is Cc1c(N(C(=O)OC(C)(C)C)c2ccc3ncsc3c2)n2[nH]ccc2c(C#N)c1=O. The average molecular weight is 421 g/mol. The van der Waals surface area contributed by atoms with Gasteiger partial charge in [0, 0.05) is 11.8 Å². The molecule has 1 N–H and O–H groups in total. The monoisotopic (exact) mass is 421 g/mol. The Balaban J connectivity index is 2.03. The maximum absolute atomic E-state index is 13.3. The van der Waals surface area contributed by atoms with E-state index in [1.54, 1.807) is 56.1 Å². The zero-order valence-corrected chi connectivity index (χ0v) is 17.7. The van der Waals surface area contributed by atoms with Crippen LogP contribution in [0.2, 0.25) is 0 Å². The number of rotatable bonds is 2. The predicted octanol–water partition coefficient (Wildman–Crippen LogP) is 4.49. The van der Waals surface area contributed by atoms with Crippen LogP contribution in [0.15, 0.2) is 40.8 Å². The number of benzene rings is 1. The molecular formula is C21H19N5O3S. The van der Waals surface area contributed by atoms with Crippen molar-refractivity contribution in [1.82, 2.24) is 14.6 Å². The normalized spacial score (nSPS) is 11.6. The Bertz CT molecular complexity index is 1380. The van der Waals surface area contributed by atoms with E-state index in [-0.39, 0.29) is 16.9 Å². The van der Waals surface area contributed by atoms with Crippen LogP contribution in [0.25, 0.3) is 15.7 Å². The third kappa shape index (κ3) is 3.21. The lowest BCUT2D eigenvalue weighted by molar-refractivity contribution is 0.0597. The summed E-state index contributed by atoms with van der Waals surface area (Å²) in [5.74, 6) is 0.289. The van der Waals surface area contributed by atoms with Crippen molar-refractivity contribution in [2.45, 2.75) is 33.3 Å². The van der Waals surface area contributed by atoms with Crippen molar-refractivity contribution >= 4 is 44.7 Å². The van der Waals surface area contributed by atoms with E-state index in [1.807, 2.05) is 18.2 Å². The van der Waals surface area contributed by atoms with Gasteiger partial charge in [-0.2, -0.15) is 5.26 Å². The fraction of sp³-hybridized carbons (Fsp3) is 0.238. The zero-order valence-electron chi connectivity index (χ0n) is 16.9. The molecule has 0 radical (unpaired) electrons. The number of nitriles is 1. The molecule has 0 aliphatic heterocycles. The molecule has 1 amide bonds. The predicted molar refractivity (Wildman–Crippen MR) is 115 cm³/mol. The van der Waals surface area contributed by atoms with E-state index in [1.165, 1.54) is 16.2 Å². The average Bonchev–Trinajstić information content (AvgIpc) is 3.32. The number of aromatic amines is 1. The van der Waals surface area contributed by atoms with E-state index >= 15 is 0 Å². The van der Waals surface area contributed by atoms with Gasteiger partial charge in [0.15, 0.2) is 0 Å². The highest BCUT2D eigenvalue weighted by atomic mass is 32.1. The number of aromatic nitrogens is 3. The zero-order chi connectivity index (χ0) is 21.6. The van der Waals surface area contributed by atoms with E-state index in [0.717, 1.165) is 10.2 Å². The molecule has 0 atom stereocenters. The van der Waals surface area contributed by atoms with E-state index in [2.05, 4.69) is 10.1 Å². The lowest BCUT2D eigenvalue weighted by Gasteiger charge is -2.28. The van der Waals surface area contributed by atoms with Gasteiger partial charge in [0.2, 0.25) is 5.43 Å². The number of hydrogen-bond acceptors (Lipinski definition) is 6. The molecule has 0 aliphatic rings. The number of ether oxygens (including phenoxy) is 1. The van der Waals surface area contributed by atoms with Gasteiger partial charge in [-0.15, -0.1) is 11.3 Å². The Hall–Kier alpha value is -3.64. The minimum atomic E-state index is -0.746. The first-order valence-electron chi connectivity index (χ1n) is 9.20. The highest BCUT2D eigenvalue weighted by molar-refractivity contribution is 7.16. The molecule has 4 aromatic rings. The maximum atomic E-state index is 13.3. The van der Waals surface area contributed by atoms with Crippen LogP contribution in [-0.4, -0.2) is 26.3 Å². The van der Waals surface area contributed by atoms with Crippen LogP contribution in [0.1, 0.15) is 31.9 Å². The molecule has 152 valence electrons. The Kier molecular flexibility index (Phi) is 4.59. The number of carbonyl (C=O) groups excluding carboxylic acids is 1. The second kappa shape index (κ2) is 7.00. The molecule has 9 heteroatoms. The van der Waals surface area contributed by atoms with Crippen LogP contribution in [-0.2, 0) is 4.74 Å². The summed E-state index contributed by atoms with van der Waals surface area (Å²) in [4.78, 5) is 31.9. The van der Waals surface area contributed by atoms with Gasteiger partial charge < -0.3 is 4.74 Å². The fourth-order valence-corrected chi connectivity index (χ4v) is 3.97. The second-order valence-corrected chi connectivity index (χ2v) is 8.65. The van der Waals surface area contributed by atoms with E-state index in [4.69, 9.17) is 4.74 Å². The highest BCUT2D eigenvalue weighted by Gasteiger charge is 2.30. The summed E-state index contributed by atoms with van der Waals surface area (Å²) >= 11 is 1.45. The van der Waals surface area contributed by atoms with Gasteiger partial charge in [-0.1, -0.05) is 0 Å². The Labute approximate surface area is 175 Å². The molecule has 0 bridgehead atoms. The fourth-order valence-electron chi connectivity index (χ4n) is 3.26. The van der Waals surface area contributed by atoms with Gasteiger partial charge in [0.05, 0.1) is 26.9 Å². The van der Waals surface area contributed by atoms with Gasteiger partial charge in [-0.25, -0.2) is 19.2 Å². The van der Waals surface area contributed by atoms with Crippen molar-refractivity contribution in [3.63, 3.8) is 0 Å². The van der Waals surface area contributed by atoms with Crippen LogP contribution >= 0.6 is 11.3 Å². The summed E-state index contributed by atoms with van der Waals surface area (Å²) < 4.78 is 8.10. The van der Waals surface area contributed by atoms with Gasteiger partial charge in [-0.3, -0.25) is 9.89 Å². The van der Waals surface area contributed by atoms with E-state index in [0.29, 0.717) is 11.2 Å². The van der Waals surface area contributed by atoms with Crippen LogP contribution in [0.5, 0.6) is 0 Å². The van der Waals surface area contributed by atoms with Crippen molar-refractivity contribution in [3.8, 4) is 6.07 Å². The number of carbonyl (C=O) groups is 1. The minimum Gasteiger partial charge on any atom is -0.443 e. The molecule has 0 aliphatic carbocycles. The maximum Gasteiger partial charge on any atom is 0.420 e. The number of nitrogens with zero attached hydrogens (tertiary/aromatic N) is 4. The number of hydrogen-bond donors (Lipinski definition) is 1. The molecule has 3 aromatic heterocycles. The number of amides is 1. The summed E-state index contributed by atoms with van der Waals surface area (Å²) in [6, 6.07) is 8.99. The summed E-state index contributed by atoms with van der Waals surface area (Å²) in [6.07, 6.45) is 0.972. The Morgan fingerprint density at radius 1 is 1.33 bits per heavy atom. The number of pyridine rings is 1. The first kappa shape index (κ1) is 19.7. The van der Waals surface area contributed by atoms with Crippen molar-refractivity contribution in [3.05, 3.63) is 57.3 Å². The first-order chi connectivity index (χ1) is 14.2. The van der Waals surface area contributed by atoms with Gasteiger partial charge in [0.25, 0.3) is 0 Å². The first-order valence-corrected chi connectivity index (χ1v) is 10.1. The van der Waals surface area contributed by atoms with Gasteiger partial charge in [0.1, 0.15) is 23.1 Å². The Morgan fingerprint density at radius 3 is 2.80 bits per heavy atom. The van der Waals surface area contributed by atoms with Crippen LogP contribution in [0.4, 0.5) is 16.3 Å². The molecule has 0 spiro atoms. The number of anilines is 2. The van der Waals surface area contributed by atoms with Crippen molar-refractivity contribution in [2.24, 2.45) is 0 Å². The molecule has 0 saturated carbocycles. The lowest BCUT2D eigenvalue weighted by Crippen LogP contribution is -2.36. The molecule has 1 aromatic carbocycles. The lowest BCUT2D eigenvalue weighted by atomic mass is 10.1. The molecule has 0 unspecified atom stereocenters. The van der Waals surface area contributed by atoms with Gasteiger partial charge in [-0.05, 0) is 52.0 Å². The van der Waals surface area contributed by atoms with Crippen molar-refractivity contribution < 1.29 is 9.53 Å². The number of fused-ring (bicyclic) bond motifs is 2. The molecule has 8 nitrogen and oxygen atoms in total.